The summed E-state index contributed by atoms with van der Waals surface area (Å²) in [5.41, 5.74) is 0. The Hall–Kier alpha value is -0.370. The van der Waals surface area contributed by atoms with Gasteiger partial charge in [0.25, 0.3) is 0 Å². The van der Waals surface area contributed by atoms with Crippen molar-refractivity contribution in [2.24, 2.45) is 5.92 Å². The largest absolute Gasteiger partial charge is 0.335 e. The van der Waals surface area contributed by atoms with Crippen molar-refractivity contribution in [3.05, 3.63) is 24.3 Å². The fourth-order valence-corrected chi connectivity index (χ4v) is 2.09. The van der Waals surface area contributed by atoms with Gasteiger partial charge in [0.1, 0.15) is 0 Å². The third-order valence-corrected chi connectivity index (χ3v) is 4.31. The fourth-order valence-electron chi connectivity index (χ4n) is 1.19. The maximum atomic E-state index is 11.1. The molecule has 1 rings (SSSR count). The zero-order valence-electron chi connectivity index (χ0n) is 7.14. The Morgan fingerprint density at radius 3 is 2.33 bits per heavy atom. The van der Waals surface area contributed by atoms with Gasteiger partial charge in [-0.15, -0.1) is 0 Å². The molecule has 2 atom stereocenters. The molecule has 3 nitrogen and oxygen atoms in total. The van der Waals surface area contributed by atoms with Gasteiger partial charge in [-0.1, -0.05) is 31.2 Å². The number of rotatable bonds is 1. The van der Waals surface area contributed by atoms with Crippen molar-refractivity contribution in [2.45, 2.75) is 19.0 Å². The van der Waals surface area contributed by atoms with E-state index in [-0.39, 0.29) is 5.92 Å². The molecule has 0 radical (unpaired) electrons. The van der Waals surface area contributed by atoms with E-state index in [9.17, 15) is 4.57 Å². The highest BCUT2D eigenvalue weighted by molar-refractivity contribution is 7.53. The summed E-state index contributed by atoms with van der Waals surface area (Å²) in [6, 6.07) is 0. The molecule has 0 heterocycles. The summed E-state index contributed by atoms with van der Waals surface area (Å²) >= 11 is 0. The lowest BCUT2D eigenvalue weighted by Crippen LogP contribution is -2.30. The van der Waals surface area contributed by atoms with Crippen LogP contribution in [-0.4, -0.2) is 14.9 Å². The standard InChI is InChI=1S/C8H13O3P/c1-7-5-3-4-6-8(7,2)12(9,10)11/h3-7H,1-2H3,(H2,9,10,11). The van der Waals surface area contributed by atoms with E-state index < -0.39 is 12.8 Å². The predicted octanol–water partition coefficient (Wildman–Crippen LogP) is 1.68. The second-order valence-corrected chi connectivity index (χ2v) is 5.35. The van der Waals surface area contributed by atoms with Crippen LogP contribution in [0.5, 0.6) is 0 Å². The topological polar surface area (TPSA) is 57.5 Å². The Kier molecular flexibility index (Phi) is 2.30. The minimum Gasteiger partial charge on any atom is -0.324 e. The molecule has 0 saturated heterocycles. The van der Waals surface area contributed by atoms with Crippen LogP contribution in [0.1, 0.15) is 13.8 Å². The molecule has 0 aromatic rings. The summed E-state index contributed by atoms with van der Waals surface area (Å²) in [5, 5.41) is -1.03. The Labute approximate surface area is 72.0 Å². The van der Waals surface area contributed by atoms with Gasteiger partial charge in [0, 0.05) is 0 Å². The van der Waals surface area contributed by atoms with Gasteiger partial charge in [-0.05, 0) is 12.8 Å². The fraction of sp³-hybridized carbons (Fsp3) is 0.500. The van der Waals surface area contributed by atoms with Crippen molar-refractivity contribution in [3.8, 4) is 0 Å². The van der Waals surface area contributed by atoms with Crippen LogP contribution < -0.4 is 0 Å². The van der Waals surface area contributed by atoms with E-state index in [1.165, 1.54) is 0 Å². The molecule has 0 bridgehead atoms. The molecule has 2 unspecified atom stereocenters. The summed E-state index contributed by atoms with van der Waals surface area (Å²) in [6.07, 6.45) is 6.87. The normalized spacial score (nSPS) is 35.5. The highest BCUT2D eigenvalue weighted by atomic mass is 31.2. The summed E-state index contributed by atoms with van der Waals surface area (Å²) in [6.45, 7) is 3.39. The molecule has 0 spiro atoms. The number of hydrogen-bond acceptors (Lipinski definition) is 1. The Bertz CT molecular complexity index is 276. The molecule has 0 aromatic carbocycles. The first-order valence-electron chi connectivity index (χ1n) is 3.79. The monoisotopic (exact) mass is 188 g/mol. The van der Waals surface area contributed by atoms with Gasteiger partial charge in [-0.25, -0.2) is 0 Å². The lowest BCUT2D eigenvalue weighted by Gasteiger charge is -2.33. The van der Waals surface area contributed by atoms with Crippen LogP contribution in [0.25, 0.3) is 0 Å². The summed E-state index contributed by atoms with van der Waals surface area (Å²) < 4.78 is 11.1. The zero-order valence-corrected chi connectivity index (χ0v) is 8.03. The van der Waals surface area contributed by atoms with Crippen LogP contribution >= 0.6 is 7.60 Å². The Balaban J connectivity index is 3.07. The third-order valence-electron chi connectivity index (χ3n) is 2.49. The minimum absolute atomic E-state index is 0.122. The first-order valence-corrected chi connectivity index (χ1v) is 5.41. The lowest BCUT2D eigenvalue weighted by atomic mass is 9.91. The molecule has 1 aliphatic carbocycles. The summed E-state index contributed by atoms with van der Waals surface area (Å²) in [4.78, 5) is 18.2. The smallest absolute Gasteiger partial charge is 0.324 e. The first-order chi connectivity index (χ1) is 5.38. The maximum Gasteiger partial charge on any atom is 0.335 e. The minimum atomic E-state index is -4.05. The van der Waals surface area contributed by atoms with Crippen molar-refractivity contribution in [2.75, 3.05) is 0 Å². The first kappa shape index (κ1) is 9.72. The van der Waals surface area contributed by atoms with Gasteiger partial charge < -0.3 is 9.79 Å². The van der Waals surface area contributed by atoms with E-state index in [0.29, 0.717) is 0 Å². The highest BCUT2D eigenvalue weighted by Gasteiger charge is 2.44. The van der Waals surface area contributed by atoms with Crippen LogP contribution in [-0.2, 0) is 4.57 Å². The van der Waals surface area contributed by atoms with Gasteiger partial charge in [0.05, 0.1) is 5.16 Å². The van der Waals surface area contributed by atoms with Gasteiger partial charge >= 0.3 is 7.60 Å². The molecular formula is C8H13O3P. The zero-order chi connectivity index (χ0) is 9.41. The van der Waals surface area contributed by atoms with Gasteiger partial charge in [-0.2, -0.15) is 0 Å². The molecule has 68 valence electrons. The van der Waals surface area contributed by atoms with Crippen LogP contribution in [0, 0.1) is 5.92 Å². The van der Waals surface area contributed by atoms with Gasteiger partial charge in [0.2, 0.25) is 0 Å². The second kappa shape index (κ2) is 2.84. The van der Waals surface area contributed by atoms with Gasteiger partial charge in [0.15, 0.2) is 0 Å². The van der Waals surface area contributed by atoms with E-state index in [0.717, 1.165) is 0 Å². The maximum absolute atomic E-state index is 11.1. The van der Waals surface area contributed by atoms with Crippen molar-refractivity contribution >= 4 is 7.60 Å². The predicted molar refractivity (Wildman–Crippen MR) is 47.9 cm³/mol. The number of allylic oxidation sites excluding steroid dienone is 4. The summed E-state index contributed by atoms with van der Waals surface area (Å²) in [5.74, 6) is -0.122. The summed E-state index contributed by atoms with van der Waals surface area (Å²) in [7, 11) is -4.05. The molecule has 12 heavy (non-hydrogen) atoms. The molecule has 2 N–H and O–H groups in total. The van der Waals surface area contributed by atoms with E-state index >= 15 is 0 Å². The van der Waals surface area contributed by atoms with Gasteiger partial charge in [-0.3, -0.25) is 4.57 Å². The molecule has 0 fully saturated rings. The molecular weight excluding hydrogens is 175 g/mol. The van der Waals surface area contributed by atoms with Crippen LogP contribution in [0.15, 0.2) is 24.3 Å². The van der Waals surface area contributed by atoms with Crippen molar-refractivity contribution in [1.82, 2.24) is 0 Å². The SMILES string of the molecule is CC1C=CC=CC1(C)P(=O)(O)O. The molecule has 0 saturated carbocycles. The highest BCUT2D eigenvalue weighted by Crippen LogP contribution is 2.56. The van der Waals surface area contributed by atoms with Crippen molar-refractivity contribution in [3.63, 3.8) is 0 Å². The molecule has 0 amide bonds. The molecule has 4 heteroatoms. The quantitative estimate of drug-likeness (QED) is 0.615. The van der Waals surface area contributed by atoms with E-state index in [1.54, 1.807) is 32.1 Å². The average molecular weight is 188 g/mol. The molecule has 1 aliphatic rings. The average Bonchev–Trinajstić information content (AvgIpc) is 1.93. The van der Waals surface area contributed by atoms with Crippen LogP contribution in [0.4, 0.5) is 0 Å². The third kappa shape index (κ3) is 1.40. The van der Waals surface area contributed by atoms with Crippen LogP contribution in [0.2, 0.25) is 0 Å². The lowest BCUT2D eigenvalue weighted by molar-refractivity contribution is 0.328. The van der Waals surface area contributed by atoms with E-state index in [1.807, 2.05) is 6.08 Å². The van der Waals surface area contributed by atoms with Crippen LogP contribution in [0.3, 0.4) is 0 Å². The van der Waals surface area contributed by atoms with E-state index in [4.69, 9.17) is 9.79 Å². The van der Waals surface area contributed by atoms with E-state index in [2.05, 4.69) is 0 Å². The number of hydrogen-bond donors (Lipinski definition) is 2. The van der Waals surface area contributed by atoms with Crippen molar-refractivity contribution in [1.29, 1.82) is 0 Å². The molecule has 0 aromatic heterocycles. The Morgan fingerprint density at radius 1 is 1.42 bits per heavy atom. The second-order valence-electron chi connectivity index (χ2n) is 3.30. The Morgan fingerprint density at radius 2 is 2.00 bits per heavy atom. The molecule has 0 aliphatic heterocycles. The van der Waals surface area contributed by atoms with Crippen molar-refractivity contribution < 1.29 is 14.4 Å².